The third-order valence-corrected chi connectivity index (χ3v) is 5.46. The van der Waals surface area contributed by atoms with Crippen molar-refractivity contribution in [2.75, 3.05) is 32.8 Å². The first-order chi connectivity index (χ1) is 11.1. The number of aliphatic imine (C=N–C) groups is 1. The molecule has 136 valence electrons. The highest BCUT2D eigenvalue weighted by molar-refractivity contribution is 5.90. The summed E-state index contributed by atoms with van der Waals surface area (Å²) in [7, 11) is 0. The van der Waals surface area contributed by atoms with Gasteiger partial charge in [0.2, 0.25) is 0 Å². The van der Waals surface area contributed by atoms with Gasteiger partial charge in [0.05, 0.1) is 25.3 Å². The van der Waals surface area contributed by atoms with Crippen LogP contribution in [-0.4, -0.2) is 60.6 Å². The fourth-order valence-electron chi connectivity index (χ4n) is 4.62. The largest absolute Gasteiger partial charge is 0.379 e. The maximum absolute atomic E-state index is 5.59. The molecule has 0 aromatic heterocycles. The summed E-state index contributed by atoms with van der Waals surface area (Å²) in [5, 5.41) is 0. The molecule has 4 heteroatoms. The third-order valence-electron chi connectivity index (χ3n) is 5.46. The highest BCUT2D eigenvalue weighted by atomic mass is 16.5. The summed E-state index contributed by atoms with van der Waals surface area (Å²) in [6.07, 6.45) is 1.21. The molecular weight excluding hydrogens is 298 g/mol. The van der Waals surface area contributed by atoms with Gasteiger partial charge in [0, 0.05) is 30.7 Å². The molecule has 0 aromatic carbocycles. The Bertz CT molecular complexity index is 544. The van der Waals surface area contributed by atoms with Crippen LogP contribution in [0.5, 0.6) is 0 Å². The number of amidine groups is 1. The molecule has 0 N–H and O–H groups in total. The molecule has 1 unspecified atom stereocenters. The highest BCUT2D eigenvalue weighted by Crippen LogP contribution is 2.44. The monoisotopic (exact) mass is 333 g/mol. The molecule has 24 heavy (non-hydrogen) atoms. The Morgan fingerprint density at radius 3 is 2.12 bits per heavy atom. The van der Waals surface area contributed by atoms with Crippen molar-refractivity contribution in [2.24, 2.45) is 15.8 Å². The zero-order valence-electron chi connectivity index (χ0n) is 16.6. The summed E-state index contributed by atoms with van der Waals surface area (Å²) in [6, 6.07) is 0.797. The lowest BCUT2D eigenvalue weighted by Crippen LogP contribution is -2.48. The van der Waals surface area contributed by atoms with Crippen molar-refractivity contribution in [3.63, 3.8) is 0 Å². The van der Waals surface area contributed by atoms with Gasteiger partial charge in [-0.05, 0) is 24.3 Å². The van der Waals surface area contributed by atoms with Gasteiger partial charge in [0.25, 0.3) is 0 Å². The molecule has 4 nitrogen and oxygen atoms in total. The van der Waals surface area contributed by atoms with E-state index < -0.39 is 0 Å². The Kier molecular flexibility index (Phi) is 4.59. The van der Waals surface area contributed by atoms with Gasteiger partial charge in [0.15, 0.2) is 0 Å². The van der Waals surface area contributed by atoms with Crippen molar-refractivity contribution >= 4 is 5.84 Å². The number of nitrogens with zero attached hydrogens (tertiary/aromatic N) is 3. The first kappa shape index (κ1) is 17.9. The number of hydrogen-bond acceptors (Lipinski definition) is 4. The Morgan fingerprint density at radius 1 is 0.958 bits per heavy atom. The van der Waals surface area contributed by atoms with Crippen LogP contribution in [0.4, 0.5) is 0 Å². The molecule has 0 aromatic rings. The molecule has 3 heterocycles. The van der Waals surface area contributed by atoms with E-state index in [1.807, 2.05) is 0 Å². The average Bonchev–Trinajstić information content (AvgIpc) is 2.89. The van der Waals surface area contributed by atoms with E-state index in [0.29, 0.717) is 6.04 Å². The molecule has 0 aliphatic carbocycles. The normalized spacial score (nSPS) is 29.8. The average molecular weight is 334 g/mol. The molecule has 2 fully saturated rings. The number of morpholine rings is 1. The summed E-state index contributed by atoms with van der Waals surface area (Å²) in [5.41, 5.74) is 3.32. The van der Waals surface area contributed by atoms with Gasteiger partial charge < -0.3 is 9.64 Å². The van der Waals surface area contributed by atoms with Crippen LogP contribution in [0.25, 0.3) is 0 Å². The van der Waals surface area contributed by atoms with E-state index >= 15 is 0 Å². The van der Waals surface area contributed by atoms with Gasteiger partial charge >= 0.3 is 0 Å². The molecule has 0 amide bonds. The van der Waals surface area contributed by atoms with E-state index in [2.05, 4.69) is 58.3 Å². The second-order valence-corrected chi connectivity index (χ2v) is 9.53. The lowest BCUT2D eigenvalue weighted by atomic mass is 9.78. The molecular formula is C20H35N3O. The lowest BCUT2D eigenvalue weighted by molar-refractivity contribution is 0.0239. The van der Waals surface area contributed by atoms with Crippen molar-refractivity contribution in [1.82, 2.24) is 9.80 Å². The van der Waals surface area contributed by atoms with Crippen molar-refractivity contribution in [3.8, 4) is 0 Å². The molecule has 3 aliphatic rings. The van der Waals surface area contributed by atoms with E-state index in [9.17, 15) is 0 Å². The van der Waals surface area contributed by atoms with Crippen LogP contribution >= 0.6 is 0 Å². The van der Waals surface area contributed by atoms with Crippen LogP contribution < -0.4 is 0 Å². The second kappa shape index (κ2) is 6.14. The summed E-state index contributed by atoms with van der Waals surface area (Å²) >= 11 is 0. The topological polar surface area (TPSA) is 28.1 Å². The molecule has 0 radical (unpaired) electrons. The standard InChI is InChI=1S/C20H35N3O/c1-14-16(19(2,3)4)17-15(22-10-12-24-13-11-22)8-9-23(17)18(21-14)20(5,6)7/h14-15H,8-13H2,1-7H3/t14-,15?/m0/s1. The van der Waals surface area contributed by atoms with Gasteiger partial charge in [-0.1, -0.05) is 41.5 Å². The fraction of sp³-hybridized carbons (Fsp3) is 0.850. The Morgan fingerprint density at radius 2 is 1.58 bits per heavy atom. The second-order valence-electron chi connectivity index (χ2n) is 9.53. The van der Waals surface area contributed by atoms with Crippen molar-refractivity contribution in [2.45, 2.75) is 67.0 Å². The van der Waals surface area contributed by atoms with Gasteiger partial charge in [-0.25, -0.2) is 0 Å². The van der Waals surface area contributed by atoms with Crippen LogP contribution in [0.1, 0.15) is 54.9 Å². The number of rotatable bonds is 1. The predicted octanol–water partition coefficient (Wildman–Crippen LogP) is 3.54. The van der Waals surface area contributed by atoms with E-state index in [1.54, 1.807) is 5.70 Å². The Hall–Kier alpha value is -0.870. The molecule has 2 atom stereocenters. The van der Waals surface area contributed by atoms with Crippen LogP contribution in [0.2, 0.25) is 0 Å². The van der Waals surface area contributed by atoms with E-state index in [4.69, 9.17) is 9.73 Å². The Labute approximate surface area is 147 Å². The van der Waals surface area contributed by atoms with Crippen molar-refractivity contribution in [1.29, 1.82) is 0 Å². The number of hydrogen-bond donors (Lipinski definition) is 0. The van der Waals surface area contributed by atoms with Crippen LogP contribution in [-0.2, 0) is 4.74 Å². The summed E-state index contributed by atoms with van der Waals surface area (Å²) < 4.78 is 5.59. The first-order valence-corrected chi connectivity index (χ1v) is 9.53. The first-order valence-electron chi connectivity index (χ1n) is 9.53. The van der Waals surface area contributed by atoms with Gasteiger partial charge in [0.1, 0.15) is 5.84 Å². The maximum Gasteiger partial charge on any atom is 0.109 e. The molecule has 2 saturated heterocycles. The van der Waals surface area contributed by atoms with E-state index in [0.717, 1.165) is 32.8 Å². The number of fused-ring (bicyclic) bond motifs is 1. The lowest BCUT2D eigenvalue weighted by Gasteiger charge is -2.44. The molecule has 3 aliphatic heterocycles. The van der Waals surface area contributed by atoms with Gasteiger partial charge in [-0.2, -0.15) is 0 Å². The van der Waals surface area contributed by atoms with Crippen molar-refractivity contribution in [3.05, 3.63) is 11.3 Å². The quantitative estimate of drug-likeness (QED) is 0.735. The van der Waals surface area contributed by atoms with Gasteiger partial charge in [-0.3, -0.25) is 9.89 Å². The van der Waals surface area contributed by atoms with E-state index in [-0.39, 0.29) is 16.9 Å². The van der Waals surface area contributed by atoms with Gasteiger partial charge in [-0.15, -0.1) is 0 Å². The van der Waals surface area contributed by atoms with Crippen LogP contribution in [0.3, 0.4) is 0 Å². The summed E-state index contributed by atoms with van der Waals surface area (Å²) in [5.74, 6) is 1.27. The smallest absolute Gasteiger partial charge is 0.109 e. The summed E-state index contributed by atoms with van der Waals surface area (Å²) in [4.78, 5) is 10.4. The SMILES string of the molecule is C[C@@H]1N=C(C(C)(C)C)N2CCC(N3CCOCC3)C2=C1C(C)(C)C. The van der Waals surface area contributed by atoms with Crippen LogP contribution in [0, 0.1) is 10.8 Å². The minimum absolute atomic E-state index is 0.0861. The maximum atomic E-state index is 5.59. The summed E-state index contributed by atoms with van der Waals surface area (Å²) in [6.45, 7) is 21.1. The number of ether oxygens (including phenoxy) is 1. The molecule has 3 rings (SSSR count). The van der Waals surface area contributed by atoms with E-state index in [1.165, 1.54) is 17.8 Å². The highest BCUT2D eigenvalue weighted by Gasteiger charge is 2.45. The minimum Gasteiger partial charge on any atom is -0.379 e. The fourth-order valence-corrected chi connectivity index (χ4v) is 4.62. The predicted molar refractivity (Wildman–Crippen MR) is 100 cm³/mol. The Balaban J connectivity index is 2.05. The van der Waals surface area contributed by atoms with Crippen LogP contribution in [0.15, 0.2) is 16.3 Å². The van der Waals surface area contributed by atoms with Crippen molar-refractivity contribution < 1.29 is 4.74 Å². The zero-order valence-corrected chi connectivity index (χ0v) is 16.6. The molecule has 0 bridgehead atoms. The molecule has 0 saturated carbocycles. The third kappa shape index (κ3) is 3.15. The zero-order chi connectivity index (χ0) is 17.7. The molecule has 0 spiro atoms. The minimum atomic E-state index is 0.0861.